The van der Waals surface area contributed by atoms with Crippen LogP contribution in [0.15, 0.2) is 42.5 Å². The largest absolute Gasteiger partial charge is 0.306 e. The number of rotatable bonds is 5. The molecule has 2 aromatic carbocycles. The van der Waals surface area contributed by atoms with Gasteiger partial charge in [-0.15, -0.1) is 0 Å². The summed E-state index contributed by atoms with van der Waals surface area (Å²) in [7, 11) is 0. The van der Waals surface area contributed by atoms with Gasteiger partial charge in [-0.1, -0.05) is 61.3 Å². The van der Waals surface area contributed by atoms with Gasteiger partial charge in [0.2, 0.25) is 0 Å². The molecule has 0 aromatic heterocycles. The van der Waals surface area contributed by atoms with Crippen LogP contribution < -0.4 is 5.32 Å². The Morgan fingerprint density at radius 3 is 2.29 bits per heavy atom. The molecule has 0 aliphatic heterocycles. The van der Waals surface area contributed by atoms with Crippen molar-refractivity contribution < 1.29 is 0 Å². The molecule has 21 heavy (non-hydrogen) atoms. The predicted molar refractivity (Wildman–Crippen MR) is 91.8 cm³/mol. The summed E-state index contributed by atoms with van der Waals surface area (Å²) in [6.45, 7) is 9.69. The highest BCUT2D eigenvalue weighted by Gasteiger charge is 2.15. The van der Waals surface area contributed by atoms with Gasteiger partial charge in [-0.05, 0) is 48.6 Å². The van der Waals surface area contributed by atoms with Crippen molar-refractivity contribution in [1.82, 2.24) is 5.32 Å². The van der Waals surface area contributed by atoms with Gasteiger partial charge < -0.3 is 5.32 Å². The molecule has 2 aromatic rings. The van der Waals surface area contributed by atoms with E-state index in [1.54, 1.807) is 0 Å². The number of benzene rings is 2. The molecule has 2 heteroatoms. The molecule has 1 atom stereocenters. The SMILES string of the molecule is Cc1ccc(C)c(CNC(c2ccc(Cl)cc2)C(C)C)c1. The van der Waals surface area contributed by atoms with E-state index in [9.17, 15) is 0 Å². The first-order valence-corrected chi connectivity index (χ1v) is 7.90. The van der Waals surface area contributed by atoms with Gasteiger partial charge in [0.05, 0.1) is 0 Å². The van der Waals surface area contributed by atoms with Crippen LogP contribution in [-0.2, 0) is 6.54 Å². The van der Waals surface area contributed by atoms with Crippen molar-refractivity contribution in [2.75, 3.05) is 0 Å². The lowest BCUT2D eigenvalue weighted by molar-refractivity contribution is 0.410. The summed E-state index contributed by atoms with van der Waals surface area (Å²) in [5.74, 6) is 0.524. The van der Waals surface area contributed by atoms with Crippen molar-refractivity contribution in [2.24, 2.45) is 5.92 Å². The Bertz CT molecular complexity index is 587. The third-order valence-corrected chi connectivity index (χ3v) is 4.16. The molecule has 0 amide bonds. The van der Waals surface area contributed by atoms with Crippen molar-refractivity contribution in [3.05, 3.63) is 69.7 Å². The van der Waals surface area contributed by atoms with Crippen LogP contribution in [0, 0.1) is 19.8 Å². The molecule has 1 unspecified atom stereocenters. The minimum atomic E-state index is 0.335. The standard InChI is InChI=1S/C19H24ClN/c1-13(2)19(16-7-9-18(20)10-8-16)21-12-17-11-14(3)5-6-15(17)4/h5-11,13,19,21H,12H2,1-4H3. The molecular formula is C19H24ClN. The third kappa shape index (κ3) is 4.33. The normalized spacial score (nSPS) is 12.7. The average Bonchev–Trinajstić information content (AvgIpc) is 2.44. The highest BCUT2D eigenvalue weighted by molar-refractivity contribution is 6.30. The van der Waals surface area contributed by atoms with E-state index in [0.717, 1.165) is 11.6 Å². The van der Waals surface area contributed by atoms with Crippen molar-refractivity contribution in [2.45, 2.75) is 40.3 Å². The van der Waals surface area contributed by atoms with Gasteiger partial charge >= 0.3 is 0 Å². The van der Waals surface area contributed by atoms with E-state index >= 15 is 0 Å². The minimum absolute atomic E-state index is 0.335. The minimum Gasteiger partial charge on any atom is -0.306 e. The quantitative estimate of drug-likeness (QED) is 0.775. The zero-order valence-corrected chi connectivity index (χ0v) is 14.0. The zero-order valence-electron chi connectivity index (χ0n) is 13.3. The van der Waals surface area contributed by atoms with E-state index in [-0.39, 0.29) is 0 Å². The molecule has 0 fully saturated rings. The number of nitrogens with one attached hydrogen (secondary N) is 1. The molecule has 112 valence electrons. The van der Waals surface area contributed by atoms with Crippen LogP contribution in [0.2, 0.25) is 5.02 Å². The van der Waals surface area contributed by atoms with Crippen LogP contribution in [0.25, 0.3) is 0 Å². The summed E-state index contributed by atoms with van der Waals surface area (Å²) in [5.41, 5.74) is 5.31. The van der Waals surface area contributed by atoms with Crippen LogP contribution >= 0.6 is 11.6 Å². The highest BCUT2D eigenvalue weighted by Crippen LogP contribution is 2.24. The van der Waals surface area contributed by atoms with Crippen LogP contribution in [0.1, 0.15) is 42.1 Å². The lowest BCUT2D eigenvalue weighted by atomic mass is 9.95. The molecule has 0 aliphatic carbocycles. The Labute approximate surface area is 133 Å². The Hall–Kier alpha value is -1.31. The van der Waals surface area contributed by atoms with Crippen LogP contribution in [-0.4, -0.2) is 0 Å². The van der Waals surface area contributed by atoms with Crippen molar-refractivity contribution >= 4 is 11.6 Å². The monoisotopic (exact) mass is 301 g/mol. The molecule has 0 saturated heterocycles. The van der Waals surface area contributed by atoms with E-state index in [1.807, 2.05) is 12.1 Å². The topological polar surface area (TPSA) is 12.0 Å². The van der Waals surface area contributed by atoms with E-state index in [2.05, 4.69) is 63.3 Å². The maximum Gasteiger partial charge on any atom is 0.0406 e. The first-order chi connectivity index (χ1) is 9.97. The molecule has 0 spiro atoms. The van der Waals surface area contributed by atoms with Crippen LogP contribution in [0.5, 0.6) is 0 Å². The van der Waals surface area contributed by atoms with Gasteiger partial charge in [0.25, 0.3) is 0 Å². The van der Waals surface area contributed by atoms with E-state index in [4.69, 9.17) is 11.6 Å². The van der Waals surface area contributed by atoms with Gasteiger partial charge in [-0.3, -0.25) is 0 Å². The van der Waals surface area contributed by atoms with Gasteiger partial charge in [-0.2, -0.15) is 0 Å². The smallest absolute Gasteiger partial charge is 0.0406 e. The first kappa shape index (κ1) is 16.1. The van der Waals surface area contributed by atoms with Crippen molar-refractivity contribution in [3.63, 3.8) is 0 Å². The molecule has 2 rings (SSSR count). The molecule has 0 bridgehead atoms. The summed E-state index contributed by atoms with van der Waals surface area (Å²) in [4.78, 5) is 0. The fourth-order valence-electron chi connectivity index (χ4n) is 2.62. The Balaban J connectivity index is 2.13. The molecule has 0 aliphatic rings. The maximum atomic E-state index is 5.99. The second kappa shape index (κ2) is 7.11. The zero-order chi connectivity index (χ0) is 15.4. The fraction of sp³-hybridized carbons (Fsp3) is 0.368. The van der Waals surface area contributed by atoms with Gasteiger partial charge in [-0.25, -0.2) is 0 Å². The average molecular weight is 302 g/mol. The second-order valence-corrected chi connectivity index (χ2v) is 6.52. The first-order valence-electron chi connectivity index (χ1n) is 7.52. The van der Waals surface area contributed by atoms with E-state index < -0.39 is 0 Å². The molecule has 1 nitrogen and oxygen atoms in total. The molecule has 0 heterocycles. The lowest BCUT2D eigenvalue weighted by Gasteiger charge is -2.24. The number of hydrogen-bond donors (Lipinski definition) is 1. The summed E-state index contributed by atoms with van der Waals surface area (Å²) in [6.07, 6.45) is 0. The molecule has 0 saturated carbocycles. The Kier molecular flexibility index (Phi) is 5.44. The number of halogens is 1. The summed E-state index contributed by atoms with van der Waals surface area (Å²) >= 11 is 5.99. The second-order valence-electron chi connectivity index (χ2n) is 6.08. The number of hydrogen-bond acceptors (Lipinski definition) is 1. The van der Waals surface area contributed by atoms with Crippen molar-refractivity contribution in [3.8, 4) is 0 Å². The maximum absolute atomic E-state index is 5.99. The predicted octanol–water partition coefficient (Wildman–Crippen LogP) is 5.44. The van der Waals surface area contributed by atoms with Gasteiger partial charge in [0.15, 0.2) is 0 Å². The summed E-state index contributed by atoms with van der Waals surface area (Å²) < 4.78 is 0. The lowest BCUT2D eigenvalue weighted by Crippen LogP contribution is -2.25. The van der Waals surface area contributed by atoms with E-state index in [0.29, 0.717) is 12.0 Å². The van der Waals surface area contributed by atoms with Crippen molar-refractivity contribution in [1.29, 1.82) is 0 Å². The van der Waals surface area contributed by atoms with Gasteiger partial charge in [0.1, 0.15) is 0 Å². The van der Waals surface area contributed by atoms with Crippen LogP contribution in [0.4, 0.5) is 0 Å². The summed E-state index contributed by atoms with van der Waals surface area (Å²) in [6, 6.07) is 15.1. The van der Waals surface area contributed by atoms with Crippen LogP contribution in [0.3, 0.4) is 0 Å². The number of aryl methyl sites for hydroxylation is 2. The highest BCUT2D eigenvalue weighted by atomic mass is 35.5. The van der Waals surface area contributed by atoms with E-state index in [1.165, 1.54) is 22.3 Å². The van der Waals surface area contributed by atoms with Gasteiger partial charge in [0, 0.05) is 17.6 Å². The Morgan fingerprint density at radius 1 is 1.00 bits per heavy atom. The summed E-state index contributed by atoms with van der Waals surface area (Å²) in [5, 5.41) is 4.48. The Morgan fingerprint density at radius 2 is 1.67 bits per heavy atom. The molecular weight excluding hydrogens is 278 g/mol. The third-order valence-electron chi connectivity index (χ3n) is 3.91. The molecule has 0 radical (unpaired) electrons. The fourth-order valence-corrected chi connectivity index (χ4v) is 2.75. The molecule has 1 N–H and O–H groups in total.